The maximum Gasteiger partial charge on any atom is 0.101 e. The number of rotatable bonds is 3. The monoisotopic (exact) mass is 283 g/mol. The minimum atomic E-state index is -0.0166. The van der Waals surface area contributed by atoms with Crippen LogP contribution < -0.4 is 5.73 Å². The van der Waals surface area contributed by atoms with E-state index in [4.69, 9.17) is 17.3 Å². The quantitative estimate of drug-likeness (QED) is 0.937. The maximum absolute atomic E-state index is 6.22. The number of nitrogens with zero attached hydrogens (tertiary/aromatic N) is 2. The van der Waals surface area contributed by atoms with Crippen LogP contribution in [0, 0.1) is 20.8 Å². The number of thiophene rings is 1. The van der Waals surface area contributed by atoms with Crippen molar-refractivity contribution in [3.05, 3.63) is 38.3 Å². The van der Waals surface area contributed by atoms with Gasteiger partial charge in [-0.25, -0.2) is 0 Å². The predicted molar refractivity (Wildman–Crippen MR) is 77.6 cm³/mol. The molecule has 0 aliphatic heterocycles. The molecule has 2 aromatic heterocycles. The van der Waals surface area contributed by atoms with Crippen LogP contribution in [-0.2, 0) is 0 Å². The summed E-state index contributed by atoms with van der Waals surface area (Å²) in [6, 6.07) is 4.27. The van der Waals surface area contributed by atoms with Gasteiger partial charge in [0.15, 0.2) is 0 Å². The predicted octanol–water partition coefficient (Wildman–Crippen LogP) is 3.46. The average Bonchev–Trinajstić information content (AvgIpc) is 2.80. The zero-order chi connectivity index (χ0) is 13.4. The Morgan fingerprint density at radius 1 is 1.33 bits per heavy atom. The lowest BCUT2D eigenvalue weighted by molar-refractivity contribution is 0.450. The van der Waals surface area contributed by atoms with Gasteiger partial charge in [0, 0.05) is 15.8 Å². The summed E-state index contributed by atoms with van der Waals surface area (Å²) in [5.41, 5.74) is 7.97. The van der Waals surface area contributed by atoms with Crippen molar-refractivity contribution in [1.82, 2.24) is 9.78 Å². The van der Waals surface area contributed by atoms with E-state index in [-0.39, 0.29) is 12.1 Å². The smallest absolute Gasteiger partial charge is 0.101 e. The molecule has 0 aliphatic carbocycles. The van der Waals surface area contributed by atoms with E-state index in [1.165, 1.54) is 9.75 Å². The highest BCUT2D eigenvalue weighted by Crippen LogP contribution is 2.31. The molecular weight excluding hydrogens is 266 g/mol. The number of hydrogen-bond acceptors (Lipinski definition) is 3. The minimum absolute atomic E-state index is 0.0166. The Balaban J connectivity index is 2.51. The highest BCUT2D eigenvalue weighted by molar-refractivity contribution is 7.12. The molecule has 0 spiro atoms. The van der Waals surface area contributed by atoms with Crippen molar-refractivity contribution < 1.29 is 0 Å². The van der Waals surface area contributed by atoms with Crippen LogP contribution in [0.3, 0.4) is 0 Å². The third kappa shape index (κ3) is 2.32. The van der Waals surface area contributed by atoms with Gasteiger partial charge < -0.3 is 5.73 Å². The summed E-state index contributed by atoms with van der Waals surface area (Å²) >= 11 is 7.98. The summed E-state index contributed by atoms with van der Waals surface area (Å²) in [6.07, 6.45) is 0. The van der Waals surface area contributed by atoms with Crippen LogP contribution in [0.4, 0.5) is 0 Å². The molecule has 0 radical (unpaired) electrons. The Morgan fingerprint density at radius 2 is 2.00 bits per heavy atom. The second-order valence-electron chi connectivity index (χ2n) is 4.68. The molecule has 0 bridgehead atoms. The van der Waals surface area contributed by atoms with Gasteiger partial charge in [0.1, 0.15) is 6.04 Å². The summed E-state index contributed by atoms with van der Waals surface area (Å²) in [7, 11) is 0. The van der Waals surface area contributed by atoms with Gasteiger partial charge >= 0.3 is 0 Å². The molecule has 5 heteroatoms. The molecule has 0 saturated carbocycles. The van der Waals surface area contributed by atoms with Crippen LogP contribution in [0.2, 0.25) is 5.02 Å². The highest BCUT2D eigenvalue weighted by Gasteiger charge is 2.24. The van der Waals surface area contributed by atoms with E-state index >= 15 is 0 Å². The largest absolute Gasteiger partial charge is 0.326 e. The molecule has 2 aromatic rings. The molecule has 0 saturated heterocycles. The first-order chi connectivity index (χ1) is 8.41. The lowest BCUT2D eigenvalue weighted by Crippen LogP contribution is -2.31. The second kappa shape index (κ2) is 5.03. The molecule has 18 heavy (non-hydrogen) atoms. The fraction of sp³-hybridized carbons (Fsp3) is 0.462. The normalized spacial score (nSPS) is 14.8. The van der Waals surface area contributed by atoms with Gasteiger partial charge in [-0.1, -0.05) is 11.6 Å². The SMILES string of the molecule is Cc1ccc(C(C(C)N)n2nc(C)c(Cl)c2C)s1. The fourth-order valence-corrected chi connectivity index (χ4v) is 3.33. The zero-order valence-electron chi connectivity index (χ0n) is 11.1. The Hall–Kier alpha value is -0.840. The molecule has 98 valence electrons. The Bertz CT molecular complexity index is 557. The first-order valence-electron chi connectivity index (χ1n) is 5.95. The molecule has 3 nitrogen and oxygen atoms in total. The standard InChI is InChI=1S/C13H18ClN3S/c1-7-5-6-11(18-7)13(8(2)15)17-10(4)12(14)9(3)16-17/h5-6,8,13H,15H2,1-4H3. The molecule has 0 fully saturated rings. The number of halogens is 1. The topological polar surface area (TPSA) is 43.8 Å². The van der Waals surface area contributed by atoms with Gasteiger partial charge in [-0.15, -0.1) is 11.3 Å². The number of nitrogens with two attached hydrogens (primary N) is 1. The van der Waals surface area contributed by atoms with E-state index in [9.17, 15) is 0 Å². The van der Waals surface area contributed by atoms with Gasteiger partial charge in [0.25, 0.3) is 0 Å². The van der Waals surface area contributed by atoms with Gasteiger partial charge in [0.05, 0.1) is 16.4 Å². The van der Waals surface area contributed by atoms with Crippen LogP contribution in [0.25, 0.3) is 0 Å². The van der Waals surface area contributed by atoms with E-state index in [0.29, 0.717) is 0 Å². The number of hydrogen-bond donors (Lipinski definition) is 1. The van der Waals surface area contributed by atoms with Crippen LogP contribution in [0.15, 0.2) is 12.1 Å². The van der Waals surface area contributed by atoms with Crippen molar-refractivity contribution in [3.8, 4) is 0 Å². The van der Waals surface area contributed by atoms with E-state index in [1.807, 2.05) is 25.5 Å². The van der Waals surface area contributed by atoms with Crippen molar-refractivity contribution in [2.24, 2.45) is 5.73 Å². The Morgan fingerprint density at radius 3 is 2.39 bits per heavy atom. The molecule has 2 N–H and O–H groups in total. The van der Waals surface area contributed by atoms with Crippen molar-refractivity contribution >= 4 is 22.9 Å². The third-order valence-electron chi connectivity index (χ3n) is 3.05. The van der Waals surface area contributed by atoms with Gasteiger partial charge in [-0.05, 0) is 39.8 Å². The molecule has 0 aromatic carbocycles. The first kappa shape index (κ1) is 13.6. The van der Waals surface area contributed by atoms with Crippen molar-refractivity contribution in [2.75, 3.05) is 0 Å². The number of aryl methyl sites for hydroxylation is 2. The average molecular weight is 284 g/mol. The lowest BCUT2D eigenvalue weighted by Gasteiger charge is -2.21. The molecule has 2 heterocycles. The third-order valence-corrected chi connectivity index (χ3v) is 4.67. The van der Waals surface area contributed by atoms with Crippen LogP contribution >= 0.6 is 22.9 Å². The maximum atomic E-state index is 6.22. The van der Waals surface area contributed by atoms with Gasteiger partial charge in [-0.3, -0.25) is 4.68 Å². The molecule has 0 aliphatic rings. The molecule has 0 amide bonds. The summed E-state index contributed by atoms with van der Waals surface area (Å²) < 4.78 is 1.95. The molecule has 2 unspecified atom stereocenters. The summed E-state index contributed by atoms with van der Waals surface area (Å²) in [5.74, 6) is 0. The van der Waals surface area contributed by atoms with E-state index in [1.54, 1.807) is 11.3 Å². The fourth-order valence-electron chi connectivity index (χ4n) is 2.13. The minimum Gasteiger partial charge on any atom is -0.326 e. The van der Waals surface area contributed by atoms with E-state index < -0.39 is 0 Å². The van der Waals surface area contributed by atoms with Gasteiger partial charge in [-0.2, -0.15) is 5.10 Å². The zero-order valence-corrected chi connectivity index (χ0v) is 12.6. The van der Waals surface area contributed by atoms with Gasteiger partial charge in [0.2, 0.25) is 0 Å². The second-order valence-corrected chi connectivity index (χ2v) is 6.38. The van der Waals surface area contributed by atoms with Crippen LogP contribution in [0.1, 0.15) is 34.1 Å². The van der Waals surface area contributed by atoms with E-state index in [2.05, 4.69) is 24.2 Å². The van der Waals surface area contributed by atoms with Crippen LogP contribution in [-0.4, -0.2) is 15.8 Å². The molecule has 2 rings (SSSR count). The Labute approximate surface area is 117 Å². The summed E-state index contributed by atoms with van der Waals surface area (Å²) in [5, 5.41) is 5.26. The van der Waals surface area contributed by atoms with Crippen molar-refractivity contribution in [2.45, 2.75) is 39.8 Å². The highest BCUT2D eigenvalue weighted by atomic mass is 35.5. The Kier molecular flexibility index (Phi) is 3.80. The van der Waals surface area contributed by atoms with E-state index in [0.717, 1.165) is 16.4 Å². The lowest BCUT2D eigenvalue weighted by atomic mass is 10.1. The molecular formula is C13H18ClN3S. The van der Waals surface area contributed by atoms with Crippen molar-refractivity contribution in [1.29, 1.82) is 0 Å². The summed E-state index contributed by atoms with van der Waals surface area (Å²) in [4.78, 5) is 2.51. The molecule has 2 atom stereocenters. The summed E-state index contributed by atoms with van der Waals surface area (Å²) in [6.45, 7) is 8.01. The van der Waals surface area contributed by atoms with Crippen molar-refractivity contribution in [3.63, 3.8) is 0 Å². The van der Waals surface area contributed by atoms with Crippen LogP contribution in [0.5, 0.6) is 0 Å². The number of aromatic nitrogens is 2. The first-order valence-corrected chi connectivity index (χ1v) is 7.14.